The molecule has 1 saturated heterocycles. The molecule has 78 valence electrons. The molecule has 1 unspecified atom stereocenters. The predicted octanol–water partition coefficient (Wildman–Crippen LogP) is 1.37. The third kappa shape index (κ3) is 3.19. The molecule has 0 saturated carbocycles. The van der Waals surface area contributed by atoms with Crippen LogP contribution in [0.5, 0.6) is 0 Å². The Hall–Kier alpha value is -0.220. The molecule has 0 radical (unpaired) electrons. The normalized spacial score (nSPS) is 28.8. The minimum absolute atomic E-state index is 0.208. The van der Waals surface area contributed by atoms with Crippen LogP contribution in [0.15, 0.2) is 0 Å². The van der Waals surface area contributed by atoms with Crippen molar-refractivity contribution in [1.82, 2.24) is 10.6 Å². The molecule has 1 rings (SSSR count). The number of halogens is 2. The number of rotatable bonds is 1. The van der Waals surface area contributed by atoms with Crippen molar-refractivity contribution in [3.63, 3.8) is 0 Å². The fourth-order valence-electron chi connectivity index (χ4n) is 1.54. The van der Waals surface area contributed by atoms with E-state index in [-0.39, 0.29) is 12.1 Å². The van der Waals surface area contributed by atoms with Crippen LogP contribution >= 0.6 is 0 Å². The number of hydrogen-bond acceptors (Lipinski definition) is 2. The van der Waals surface area contributed by atoms with Crippen LogP contribution in [0.1, 0.15) is 27.2 Å². The van der Waals surface area contributed by atoms with E-state index in [0.29, 0.717) is 13.0 Å². The Kier molecular flexibility index (Phi) is 2.92. The highest BCUT2D eigenvalue weighted by atomic mass is 19.3. The van der Waals surface area contributed by atoms with E-state index in [0.717, 1.165) is 0 Å². The van der Waals surface area contributed by atoms with Crippen molar-refractivity contribution in [3.05, 3.63) is 0 Å². The van der Waals surface area contributed by atoms with Crippen molar-refractivity contribution in [2.24, 2.45) is 0 Å². The molecule has 0 aromatic carbocycles. The zero-order valence-corrected chi connectivity index (χ0v) is 8.45. The van der Waals surface area contributed by atoms with Gasteiger partial charge in [-0.1, -0.05) is 0 Å². The lowest BCUT2D eigenvalue weighted by molar-refractivity contribution is -0.0580. The average Bonchev–Trinajstić information content (AvgIpc) is 1.91. The summed E-state index contributed by atoms with van der Waals surface area (Å²) in [5.41, 5.74) is -0.245. The van der Waals surface area contributed by atoms with Gasteiger partial charge >= 0.3 is 0 Å². The minimum Gasteiger partial charge on any atom is -0.311 e. The smallest absolute Gasteiger partial charge is 0.275 e. The monoisotopic (exact) mass is 192 g/mol. The van der Waals surface area contributed by atoms with Crippen LogP contribution in [0.25, 0.3) is 0 Å². The molecule has 2 N–H and O–H groups in total. The lowest BCUT2D eigenvalue weighted by Gasteiger charge is -2.37. The van der Waals surface area contributed by atoms with Crippen LogP contribution < -0.4 is 10.6 Å². The maximum Gasteiger partial charge on any atom is 0.275 e. The van der Waals surface area contributed by atoms with Gasteiger partial charge in [0.15, 0.2) is 0 Å². The highest BCUT2D eigenvalue weighted by Crippen LogP contribution is 2.24. The number of nitrogens with one attached hydrogen (secondary N) is 2. The summed E-state index contributed by atoms with van der Waals surface area (Å²) in [6.45, 7) is 6.19. The van der Waals surface area contributed by atoms with Crippen molar-refractivity contribution >= 4 is 0 Å². The second kappa shape index (κ2) is 3.50. The van der Waals surface area contributed by atoms with Crippen LogP contribution in [-0.4, -0.2) is 30.6 Å². The maximum atomic E-state index is 13.3. The molecular weight excluding hydrogens is 174 g/mol. The Balaban J connectivity index is 2.56. The number of hydrogen-bond donors (Lipinski definition) is 2. The Labute approximate surface area is 78.1 Å². The third-order valence-electron chi connectivity index (χ3n) is 2.09. The van der Waals surface area contributed by atoms with Gasteiger partial charge in [0.05, 0.1) is 12.6 Å². The molecule has 4 heteroatoms. The Morgan fingerprint density at radius 3 is 2.46 bits per heavy atom. The zero-order chi connectivity index (χ0) is 10.1. The van der Waals surface area contributed by atoms with Crippen molar-refractivity contribution in [2.75, 3.05) is 13.1 Å². The first-order valence-corrected chi connectivity index (χ1v) is 4.67. The summed E-state index contributed by atoms with van der Waals surface area (Å²) in [5, 5.41) is 5.66. The second-order valence-electron chi connectivity index (χ2n) is 4.67. The van der Waals surface area contributed by atoms with Crippen LogP contribution in [0.3, 0.4) is 0 Å². The van der Waals surface area contributed by atoms with Gasteiger partial charge in [-0.2, -0.15) is 0 Å². The highest BCUT2D eigenvalue weighted by Gasteiger charge is 2.42. The molecule has 1 aliphatic rings. The molecule has 1 fully saturated rings. The molecule has 1 atom stereocenters. The topological polar surface area (TPSA) is 24.1 Å². The maximum absolute atomic E-state index is 13.3. The van der Waals surface area contributed by atoms with Gasteiger partial charge in [-0.3, -0.25) is 0 Å². The largest absolute Gasteiger partial charge is 0.311 e. The van der Waals surface area contributed by atoms with Gasteiger partial charge in [-0.05, 0) is 33.7 Å². The lowest BCUT2D eigenvalue weighted by atomic mass is 9.98. The average molecular weight is 192 g/mol. The molecule has 0 aliphatic carbocycles. The van der Waals surface area contributed by atoms with E-state index in [1.54, 1.807) is 0 Å². The van der Waals surface area contributed by atoms with Crippen LogP contribution in [0.4, 0.5) is 8.78 Å². The highest BCUT2D eigenvalue weighted by molar-refractivity contribution is 4.93. The summed E-state index contributed by atoms with van der Waals surface area (Å²) in [6, 6.07) is -0.686. The van der Waals surface area contributed by atoms with E-state index in [4.69, 9.17) is 0 Å². The molecule has 0 spiro atoms. The van der Waals surface area contributed by atoms with Crippen LogP contribution in [-0.2, 0) is 0 Å². The summed E-state index contributed by atoms with van der Waals surface area (Å²) in [5.74, 6) is -2.62. The summed E-state index contributed by atoms with van der Waals surface area (Å²) in [7, 11) is 0. The van der Waals surface area contributed by atoms with E-state index < -0.39 is 12.0 Å². The first kappa shape index (κ1) is 10.9. The van der Waals surface area contributed by atoms with Crippen LogP contribution in [0.2, 0.25) is 0 Å². The minimum atomic E-state index is -2.62. The van der Waals surface area contributed by atoms with E-state index in [9.17, 15) is 8.78 Å². The molecule has 0 aromatic rings. The van der Waals surface area contributed by atoms with E-state index >= 15 is 0 Å². The summed E-state index contributed by atoms with van der Waals surface area (Å²) in [4.78, 5) is 0. The van der Waals surface area contributed by atoms with E-state index in [1.807, 2.05) is 20.8 Å². The summed E-state index contributed by atoms with van der Waals surface area (Å²) >= 11 is 0. The zero-order valence-electron chi connectivity index (χ0n) is 8.45. The van der Waals surface area contributed by atoms with Crippen molar-refractivity contribution in [1.29, 1.82) is 0 Å². The predicted molar refractivity (Wildman–Crippen MR) is 49.1 cm³/mol. The van der Waals surface area contributed by atoms with Gasteiger partial charge in [0, 0.05) is 5.54 Å². The van der Waals surface area contributed by atoms with Gasteiger partial charge in [-0.15, -0.1) is 0 Å². The standard InChI is InChI=1S/C9H18F2N2/c1-8(2,3)13-7-4-5-12-6-9(7,10)11/h7,12-13H,4-6H2,1-3H3. The van der Waals surface area contributed by atoms with Crippen molar-refractivity contribution in [2.45, 2.75) is 44.7 Å². The Morgan fingerprint density at radius 2 is 2.00 bits per heavy atom. The van der Waals surface area contributed by atoms with Gasteiger partial charge in [0.25, 0.3) is 5.92 Å². The molecule has 1 heterocycles. The second-order valence-corrected chi connectivity index (χ2v) is 4.67. The quantitative estimate of drug-likeness (QED) is 0.655. The molecular formula is C9H18F2N2. The van der Waals surface area contributed by atoms with Gasteiger partial charge < -0.3 is 10.6 Å². The van der Waals surface area contributed by atoms with Gasteiger partial charge in [-0.25, -0.2) is 8.78 Å². The molecule has 2 nitrogen and oxygen atoms in total. The fraction of sp³-hybridized carbons (Fsp3) is 1.00. The van der Waals surface area contributed by atoms with E-state index in [1.165, 1.54) is 0 Å². The third-order valence-corrected chi connectivity index (χ3v) is 2.09. The van der Waals surface area contributed by atoms with Crippen molar-refractivity contribution < 1.29 is 8.78 Å². The van der Waals surface area contributed by atoms with Gasteiger partial charge in [0.2, 0.25) is 0 Å². The molecule has 0 amide bonds. The molecule has 0 bridgehead atoms. The van der Waals surface area contributed by atoms with Crippen LogP contribution in [0, 0.1) is 0 Å². The lowest BCUT2D eigenvalue weighted by Crippen LogP contribution is -2.59. The summed E-state index contributed by atoms with van der Waals surface area (Å²) < 4.78 is 26.5. The van der Waals surface area contributed by atoms with E-state index in [2.05, 4.69) is 10.6 Å². The first-order valence-electron chi connectivity index (χ1n) is 4.67. The Morgan fingerprint density at radius 1 is 1.38 bits per heavy atom. The summed E-state index contributed by atoms with van der Waals surface area (Å²) in [6.07, 6.45) is 0.490. The van der Waals surface area contributed by atoms with Gasteiger partial charge in [0.1, 0.15) is 0 Å². The number of alkyl halides is 2. The first-order chi connectivity index (χ1) is 5.81. The van der Waals surface area contributed by atoms with Crippen molar-refractivity contribution in [3.8, 4) is 0 Å². The molecule has 0 aromatic heterocycles. The molecule has 1 aliphatic heterocycles. The fourth-order valence-corrected chi connectivity index (χ4v) is 1.54. The SMILES string of the molecule is CC(C)(C)NC1CCNCC1(F)F. The number of piperidine rings is 1. The molecule has 13 heavy (non-hydrogen) atoms. The Bertz CT molecular complexity index is 175.